The van der Waals surface area contributed by atoms with E-state index >= 15 is 0 Å². The largest absolute Gasteiger partial charge is 0.352 e. The Hall–Kier alpha value is -3.19. The van der Waals surface area contributed by atoms with Crippen LogP contribution in [0.15, 0.2) is 71.9 Å². The molecule has 3 rings (SSSR count). The molecule has 1 amide bonds. The topological polar surface area (TPSA) is 88.2 Å². The molecule has 0 saturated carbocycles. The molecule has 0 unspecified atom stereocenters. The molecule has 0 aliphatic carbocycles. The van der Waals surface area contributed by atoms with Crippen LogP contribution >= 0.6 is 0 Å². The first-order chi connectivity index (χ1) is 13.8. The molecule has 0 radical (unpaired) electrons. The summed E-state index contributed by atoms with van der Waals surface area (Å²) in [5.41, 5.74) is 3.39. The van der Waals surface area contributed by atoms with Crippen LogP contribution in [0.3, 0.4) is 0 Å². The van der Waals surface area contributed by atoms with E-state index < -0.39 is 10.0 Å². The highest BCUT2D eigenvalue weighted by Crippen LogP contribution is 2.21. The number of benzene rings is 2. The summed E-state index contributed by atoms with van der Waals surface area (Å²) >= 11 is 0. The lowest BCUT2D eigenvalue weighted by atomic mass is 10.1. The minimum Gasteiger partial charge on any atom is -0.352 e. The summed E-state index contributed by atoms with van der Waals surface area (Å²) in [6.07, 6.45) is 4.09. The highest BCUT2D eigenvalue weighted by atomic mass is 32.2. The second kappa shape index (κ2) is 8.87. The van der Waals surface area contributed by atoms with Crippen molar-refractivity contribution in [3.8, 4) is 0 Å². The SMILES string of the molecule is Cc1ccc(NS(=O)(=O)c2cc(C(=O)NCCc3cccnc3)ccc2C)cc1. The molecule has 0 spiro atoms. The average molecular weight is 410 g/mol. The number of carbonyl (C=O) groups is 1. The van der Waals surface area contributed by atoms with E-state index in [-0.39, 0.29) is 10.8 Å². The molecule has 150 valence electrons. The zero-order valence-corrected chi connectivity index (χ0v) is 17.2. The lowest BCUT2D eigenvalue weighted by Crippen LogP contribution is -2.26. The fraction of sp³-hybridized carbons (Fsp3) is 0.182. The van der Waals surface area contributed by atoms with Crippen LogP contribution < -0.4 is 10.0 Å². The van der Waals surface area contributed by atoms with Gasteiger partial charge in [0.25, 0.3) is 15.9 Å². The Labute approximate surface area is 171 Å². The fourth-order valence-electron chi connectivity index (χ4n) is 2.83. The lowest BCUT2D eigenvalue weighted by molar-refractivity contribution is 0.0954. The van der Waals surface area contributed by atoms with E-state index in [2.05, 4.69) is 15.0 Å². The van der Waals surface area contributed by atoms with Gasteiger partial charge in [0.15, 0.2) is 0 Å². The molecule has 29 heavy (non-hydrogen) atoms. The molecule has 2 N–H and O–H groups in total. The second-order valence-corrected chi connectivity index (χ2v) is 8.47. The fourth-order valence-corrected chi connectivity index (χ4v) is 4.16. The molecular weight excluding hydrogens is 386 g/mol. The van der Waals surface area contributed by atoms with Crippen LogP contribution in [-0.2, 0) is 16.4 Å². The summed E-state index contributed by atoms with van der Waals surface area (Å²) < 4.78 is 28.2. The highest BCUT2D eigenvalue weighted by molar-refractivity contribution is 7.92. The zero-order valence-electron chi connectivity index (χ0n) is 16.3. The maximum absolute atomic E-state index is 12.8. The van der Waals surface area contributed by atoms with E-state index in [1.165, 1.54) is 6.07 Å². The molecule has 0 saturated heterocycles. The molecular formula is C22H23N3O3S. The van der Waals surface area contributed by atoms with Gasteiger partial charge in [-0.3, -0.25) is 14.5 Å². The van der Waals surface area contributed by atoms with E-state index in [0.717, 1.165) is 11.1 Å². The van der Waals surface area contributed by atoms with Crippen molar-refractivity contribution in [2.75, 3.05) is 11.3 Å². The Morgan fingerprint density at radius 1 is 1.03 bits per heavy atom. The zero-order chi connectivity index (χ0) is 20.9. The van der Waals surface area contributed by atoms with Gasteiger partial charge in [-0.25, -0.2) is 8.42 Å². The van der Waals surface area contributed by atoms with Crippen molar-refractivity contribution < 1.29 is 13.2 Å². The summed E-state index contributed by atoms with van der Waals surface area (Å²) in [6.45, 7) is 4.06. The molecule has 1 aromatic heterocycles. The van der Waals surface area contributed by atoms with Crippen molar-refractivity contribution in [1.29, 1.82) is 0 Å². The van der Waals surface area contributed by atoms with Gasteiger partial charge in [-0.05, 0) is 61.7 Å². The summed E-state index contributed by atoms with van der Waals surface area (Å²) in [7, 11) is -3.81. The van der Waals surface area contributed by atoms with Crippen molar-refractivity contribution in [2.45, 2.75) is 25.2 Å². The smallest absolute Gasteiger partial charge is 0.262 e. The van der Waals surface area contributed by atoms with Crippen molar-refractivity contribution in [1.82, 2.24) is 10.3 Å². The van der Waals surface area contributed by atoms with E-state index in [1.807, 2.05) is 31.2 Å². The maximum Gasteiger partial charge on any atom is 0.262 e. The van der Waals surface area contributed by atoms with Crippen LogP contribution in [0.5, 0.6) is 0 Å². The monoisotopic (exact) mass is 409 g/mol. The van der Waals surface area contributed by atoms with Gasteiger partial charge in [0.1, 0.15) is 0 Å². The van der Waals surface area contributed by atoms with Crippen LogP contribution in [0.2, 0.25) is 0 Å². The van der Waals surface area contributed by atoms with Gasteiger partial charge >= 0.3 is 0 Å². The number of nitrogens with zero attached hydrogens (tertiary/aromatic N) is 1. The number of carbonyl (C=O) groups excluding carboxylic acids is 1. The van der Waals surface area contributed by atoms with Crippen molar-refractivity contribution in [2.24, 2.45) is 0 Å². The third kappa shape index (κ3) is 5.42. The number of hydrogen-bond donors (Lipinski definition) is 2. The van der Waals surface area contributed by atoms with Crippen LogP contribution in [0.1, 0.15) is 27.0 Å². The molecule has 0 fully saturated rings. The number of hydrogen-bond acceptors (Lipinski definition) is 4. The number of anilines is 1. The number of aromatic nitrogens is 1. The number of aryl methyl sites for hydroxylation is 2. The van der Waals surface area contributed by atoms with Gasteiger partial charge in [-0.15, -0.1) is 0 Å². The van der Waals surface area contributed by atoms with Gasteiger partial charge < -0.3 is 5.32 Å². The summed E-state index contributed by atoms with van der Waals surface area (Å²) in [5.74, 6) is -0.319. The van der Waals surface area contributed by atoms with Crippen molar-refractivity contribution in [3.05, 3.63) is 89.2 Å². The maximum atomic E-state index is 12.8. The molecule has 0 atom stereocenters. The average Bonchev–Trinajstić information content (AvgIpc) is 2.70. The van der Waals surface area contributed by atoms with Crippen molar-refractivity contribution in [3.63, 3.8) is 0 Å². The van der Waals surface area contributed by atoms with Gasteiger partial charge in [0.05, 0.1) is 4.90 Å². The van der Waals surface area contributed by atoms with E-state index in [4.69, 9.17) is 0 Å². The Balaban J connectivity index is 1.72. The third-order valence-corrected chi connectivity index (χ3v) is 5.99. The van der Waals surface area contributed by atoms with E-state index in [0.29, 0.717) is 29.8 Å². The summed E-state index contributed by atoms with van der Waals surface area (Å²) in [4.78, 5) is 16.6. The predicted octanol–water partition coefficient (Wildman–Crippen LogP) is 3.47. The minimum absolute atomic E-state index is 0.0815. The normalized spacial score (nSPS) is 11.1. The Bertz CT molecular complexity index is 1100. The first kappa shape index (κ1) is 20.5. The molecule has 6 nitrogen and oxygen atoms in total. The Kier molecular flexibility index (Phi) is 6.29. The lowest BCUT2D eigenvalue weighted by Gasteiger charge is -2.12. The molecule has 0 aliphatic rings. The van der Waals surface area contributed by atoms with Gasteiger partial charge in [0, 0.05) is 30.2 Å². The molecule has 0 aliphatic heterocycles. The van der Waals surface area contributed by atoms with Gasteiger partial charge in [0.2, 0.25) is 0 Å². The molecule has 3 aromatic rings. The Morgan fingerprint density at radius 3 is 2.48 bits per heavy atom. The highest BCUT2D eigenvalue weighted by Gasteiger charge is 2.19. The van der Waals surface area contributed by atoms with Crippen LogP contribution in [0, 0.1) is 13.8 Å². The third-order valence-electron chi connectivity index (χ3n) is 4.47. The van der Waals surface area contributed by atoms with Crippen molar-refractivity contribution >= 4 is 21.6 Å². The standard InChI is InChI=1S/C22H23N3O3S/c1-16-5-9-20(10-6-16)25-29(27,28)21-14-19(8-7-17(21)2)22(26)24-13-11-18-4-3-12-23-15-18/h3-10,12,14-15,25H,11,13H2,1-2H3,(H,24,26). The van der Waals surface area contributed by atoms with Crippen LogP contribution in [-0.4, -0.2) is 25.9 Å². The van der Waals surface area contributed by atoms with Crippen LogP contribution in [0.4, 0.5) is 5.69 Å². The number of rotatable bonds is 7. The van der Waals surface area contributed by atoms with Gasteiger partial charge in [-0.2, -0.15) is 0 Å². The summed E-state index contributed by atoms with van der Waals surface area (Å²) in [5, 5.41) is 2.82. The van der Waals surface area contributed by atoms with Crippen LogP contribution in [0.25, 0.3) is 0 Å². The molecule has 0 bridgehead atoms. The number of sulfonamides is 1. The van der Waals surface area contributed by atoms with E-state index in [1.54, 1.807) is 43.6 Å². The number of pyridine rings is 1. The van der Waals surface area contributed by atoms with Gasteiger partial charge in [-0.1, -0.05) is 29.8 Å². The molecule has 2 aromatic carbocycles. The number of nitrogens with one attached hydrogen (secondary N) is 2. The first-order valence-electron chi connectivity index (χ1n) is 9.22. The minimum atomic E-state index is -3.81. The second-order valence-electron chi connectivity index (χ2n) is 6.82. The number of amides is 1. The Morgan fingerprint density at radius 2 is 1.79 bits per heavy atom. The quantitative estimate of drug-likeness (QED) is 0.625. The molecule has 7 heteroatoms. The van der Waals surface area contributed by atoms with E-state index in [9.17, 15) is 13.2 Å². The molecule has 1 heterocycles. The summed E-state index contributed by atoms with van der Waals surface area (Å²) in [6, 6.07) is 15.5. The first-order valence-corrected chi connectivity index (χ1v) is 10.7. The predicted molar refractivity (Wildman–Crippen MR) is 113 cm³/mol.